The van der Waals surface area contributed by atoms with Crippen LogP contribution in [0.3, 0.4) is 0 Å². The number of rotatable bonds is 7. The highest BCUT2D eigenvalue weighted by Crippen LogP contribution is 2.25. The molecule has 2 aromatic carbocycles. The van der Waals surface area contributed by atoms with Crippen LogP contribution < -0.4 is 15.4 Å². The summed E-state index contributed by atoms with van der Waals surface area (Å²) in [6, 6.07) is 16.7. The first-order valence-electron chi connectivity index (χ1n) is 9.02. The number of nitrogens with one attached hydrogen (secondary N) is 2. The molecule has 0 aliphatic rings. The number of hydrogen-bond donors (Lipinski definition) is 2. The van der Waals surface area contributed by atoms with Crippen LogP contribution in [0.4, 0.5) is 11.4 Å². The highest BCUT2D eigenvalue weighted by molar-refractivity contribution is 6.31. The van der Waals surface area contributed by atoms with Gasteiger partial charge in [0, 0.05) is 24.0 Å². The molecule has 6 heteroatoms. The van der Waals surface area contributed by atoms with Crippen molar-refractivity contribution in [2.24, 2.45) is 0 Å². The van der Waals surface area contributed by atoms with Crippen molar-refractivity contribution in [3.8, 4) is 5.75 Å². The van der Waals surface area contributed by atoms with E-state index in [1.807, 2.05) is 62.4 Å². The highest BCUT2D eigenvalue weighted by Gasteiger charge is 2.12. The average molecular weight is 396 g/mol. The summed E-state index contributed by atoms with van der Waals surface area (Å²) in [6.45, 7) is 4.42. The molecule has 5 nitrogen and oxygen atoms in total. The van der Waals surface area contributed by atoms with Gasteiger partial charge in [0.25, 0.3) is 5.91 Å². The molecule has 0 spiro atoms. The molecule has 0 aliphatic carbocycles. The normalized spacial score (nSPS) is 10.6. The van der Waals surface area contributed by atoms with Gasteiger partial charge in [0.1, 0.15) is 5.75 Å². The van der Waals surface area contributed by atoms with Gasteiger partial charge in [-0.1, -0.05) is 41.9 Å². The number of aromatic nitrogens is 1. The van der Waals surface area contributed by atoms with E-state index in [2.05, 4.69) is 15.6 Å². The highest BCUT2D eigenvalue weighted by atomic mass is 35.5. The maximum atomic E-state index is 12.7. The molecule has 144 valence electrons. The van der Waals surface area contributed by atoms with Crippen LogP contribution >= 0.6 is 11.6 Å². The summed E-state index contributed by atoms with van der Waals surface area (Å²) < 4.78 is 5.75. The topological polar surface area (TPSA) is 63.2 Å². The Labute approximate surface area is 169 Å². The zero-order chi connectivity index (χ0) is 19.9. The van der Waals surface area contributed by atoms with Crippen molar-refractivity contribution in [3.63, 3.8) is 0 Å². The van der Waals surface area contributed by atoms with Crippen molar-refractivity contribution >= 4 is 28.9 Å². The molecule has 0 saturated carbocycles. The van der Waals surface area contributed by atoms with Crippen LogP contribution in [-0.4, -0.2) is 17.0 Å². The summed E-state index contributed by atoms with van der Waals surface area (Å²) in [5.74, 6) is 0.375. The number of ether oxygens (including phenoxy) is 1. The van der Waals surface area contributed by atoms with Gasteiger partial charge in [-0.3, -0.25) is 9.78 Å². The lowest BCUT2D eigenvalue weighted by Crippen LogP contribution is -2.15. The van der Waals surface area contributed by atoms with Crippen molar-refractivity contribution in [1.82, 2.24) is 4.98 Å². The molecule has 0 bridgehead atoms. The second kappa shape index (κ2) is 9.24. The standard InChI is InChI=1S/C22H22ClN3O2/c1-15(2)28-21-10-6-5-9-20(21)26-22(27)17-11-18(14-24-12-17)25-13-16-7-3-4-8-19(16)23/h3-12,14-15,25H,13H2,1-2H3,(H,26,27). The van der Waals surface area contributed by atoms with Gasteiger partial charge in [0.05, 0.1) is 23.0 Å². The molecular weight excluding hydrogens is 374 g/mol. The zero-order valence-electron chi connectivity index (χ0n) is 15.8. The van der Waals surface area contributed by atoms with E-state index in [0.717, 1.165) is 11.3 Å². The lowest BCUT2D eigenvalue weighted by atomic mass is 10.2. The van der Waals surface area contributed by atoms with Crippen LogP contribution in [0.25, 0.3) is 0 Å². The summed E-state index contributed by atoms with van der Waals surface area (Å²) in [6.07, 6.45) is 3.21. The fourth-order valence-electron chi connectivity index (χ4n) is 2.62. The first-order chi connectivity index (χ1) is 13.5. The molecule has 1 heterocycles. The quantitative estimate of drug-likeness (QED) is 0.563. The molecule has 0 atom stereocenters. The molecule has 0 aliphatic heterocycles. The molecule has 3 rings (SSSR count). The summed E-state index contributed by atoms with van der Waals surface area (Å²) >= 11 is 6.18. The molecule has 3 aromatic rings. The number of nitrogens with zero attached hydrogens (tertiary/aromatic N) is 1. The summed E-state index contributed by atoms with van der Waals surface area (Å²) in [7, 11) is 0. The van der Waals surface area contributed by atoms with Gasteiger partial charge in [0.2, 0.25) is 0 Å². The van der Waals surface area contributed by atoms with Crippen molar-refractivity contribution < 1.29 is 9.53 Å². The van der Waals surface area contributed by atoms with Crippen LogP contribution in [0.1, 0.15) is 29.8 Å². The lowest BCUT2D eigenvalue weighted by Gasteiger charge is -2.15. The summed E-state index contributed by atoms with van der Waals surface area (Å²) in [5.41, 5.74) is 2.78. The van der Waals surface area contributed by atoms with Gasteiger partial charge in [-0.25, -0.2) is 0 Å². The molecule has 0 saturated heterocycles. The Kier molecular flexibility index (Phi) is 6.50. The Balaban J connectivity index is 1.70. The van der Waals surface area contributed by atoms with Crippen LogP contribution in [0.2, 0.25) is 5.02 Å². The number of carbonyl (C=O) groups is 1. The summed E-state index contributed by atoms with van der Waals surface area (Å²) in [4.78, 5) is 16.8. The van der Waals surface area contributed by atoms with E-state index >= 15 is 0 Å². The number of pyridine rings is 1. The summed E-state index contributed by atoms with van der Waals surface area (Å²) in [5, 5.41) is 6.83. The molecule has 2 N–H and O–H groups in total. The number of hydrogen-bond acceptors (Lipinski definition) is 4. The largest absolute Gasteiger partial charge is 0.489 e. The van der Waals surface area contributed by atoms with E-state index < -0.39 is 0 Å². The van der Waals surface area contributed by atoms with E-state index in [-0.39, 0.29) is 12.0 Å². The molecule has 1 aromatic heterocycles. The van der Waals surface area contributed by atoms with Crippen LogP contribution in [0, 0.1) is 0 Å². The minimum absolute atomic E-state index is 0.0112. The van der Waals surface area contributed by atoms with Gasteiger partial charge >= 0.3 is 0 Å². The predicted octanol–water partition coefficient (Wildman–Crippen LogP) is 5.39. The number of halogens is 1. The molecule has 0 fully saturated rings. The molecule has 28 heavy (non-hydrogen) atoms. The van der Waals surface area contributed by atoms with Gasteiger partial charge in [-0.15, -0.1) is 0 Å². The van der Waals surface area contributed by atoms with Crippen molar-refractivity contribution in [2.75, 3.05) is 10.6 Å². The van der Waals surface area contributed by atoms with Crippen molar-refractivity contribution in [1.29, 1.82) is 0 Å². The number of benzene rings is 2. The Bertz CT molecular complexity index is 960. The third-order valence-corrected chi connectivity index (χ3v) is 4.31. The lowest BCUT2D eigenvalue weighted by molar-refractivity contribution is 0.102. The Hall–Kier alpha value is -3.05. The van der Waals surface area contributed by atoms with Crippen LogP contribution in [0.5, 0.6) is 5.75 Å². The predicted molar refractivity (Wildman–Crippen MR) is 113 cm³/mol. The molecular formula is C22H22ClN3O2. The smallest absolute Gasteiger partial charge is 0.257 e. The van der Waals surface area contributed by atoms with E-state index in [4.69, 9.17) is 16.3 Å². The number of carbonyl (C=O) groups excluding carboxylic acids is 1. The Morgan fingerprint density at radius 1 is 1.11 bits per heavy atom. The third-order valence-electron chi connectivity index (χ3n) is 3.94. The van der Waals surface area contributed by atoms with Crippen molar-refractivity contribution in [3.05, 3.63) is 83.1 Å². The minimum atomic E-state index is -0.256. The monoisotopic (exact) mass is 395 g/mol. The SMILES string of the molecule is CC(C)Oc1ccccc1NC(=O)c1cncc(NCc2ccccc2Cl)c1. The van der Waals surface area contributed by atoms with Crippen LogP contribution in [0.15, 0.2) is 67.0 Å². The fraction of sp³-hybridized carbons (Fsp3) is 0.182. The van der Waals surface area contributed by atoms with Gasteiger partial charge < -0.3 is 15.4 Å². The number of para-hydroxylation sites is 2. The third kappa shape index (κ3) is 5.24. The van der Waals surface area contributed by atoms with E-state index in [1.54, 1.807) is 12.3 Å². The van der Waals surface area contributed by atoms with E-state index in [9.17, 15) is 4.79 Å². The molecule has 1 amide bonds. The maximum Gasteiger partial charge on any atom is 0.257 e. The van der Waals surface area contributed by atoms with Gasteiger partial charge in [-0.05, 0) is 43.7 Å². The number of anilines is 2. The van der Waals surface area contributed by atoms with Gasteiger partial charge in [0.15, 0.2) is 0 Å². The first-order valence-corrected chi connectivity index (χ1v) is 9.40. The van der Waals surface area contributed by atoms with Crippen LogP contribution in [-0.2, 0) is 6.54 Å². The average Bonchev–Trinajstić information content (AvgIpc) is 2.69. The Morgan fingerprint density at radius 3 is 2.64 bits per heavy atom. The second-order valence-corrected chi connectivity index (χ2v) is 6.93. The number of amides is 1. The molecule has 0 radical (unpaired) electrons. The second-order valence-electron chi connectivity index (χ2n) is 6.52. The molecule has 0 unspecified atom stereocenters. The van der Waals surface area contributed by atoms with E-state index in [0.29, 0.717) is 28.6 Å². The Morgan fingerprint density at radius 2 is 1.86 bits per heavy atom. The zero-order valence-corrected chi connectivity index (χ0v) is 16.5. The minimum Gasteiger partial charge on any atom is -0.489 e. The fourth-order valence-corrected chi connectivity index (χ4v) is 2.82. The van der Waals surface area contributed by atoms with Gasteiger partial charge in [-0.2, -0.15) is 0 Å². The van der Waals surface area contributed by atoms with E-state index in [1.165, 1.54) is 6.20 Å². The van der Waals surface area contributed by atoms with Crippen molar-refractivity contribution in [2.45, 2.75) is 26.5 Å². The maximum absolute atomic E-state index is 12.7. The first kappa shape index (κ1) is 19.7.